The zero-order valence-corrected chi connectivity index (χ0v) is 12.3. The number of aryl methyl sites for hydroxylation is 1. The maximum Gasteiger partial charge on any atom is 0.325 e. The van der Waals surface area contributed by atoms with Crippen molar-refractivity contribution in [2.75, 3.05) is 26.5 Å². The Kier molecular flexibility index (Phi) is 6.42. The van der Waals surface area contributed by atoms with Crippen LogP contribution in [0.4, 0.5) is 0 Å². The van der Waals surface area contributed by atoms with Crippen molar-refractivity contribution in [2.45, 2.75) is 18.2 Å². The second-order valence-electron chi connectivity index (χ2n) is 4.24. The fourth-order valence-corrected chi connectivity index (χ4v) is 2.27. The number of likely N-dealkylation sites (N-methyl/N-ethyl adjacent to an activating group) is 1. The van der Waals surface area contributed by atoms with E-state index in [-0.39, 0.29) is 12.5 Å². The van der Waals surface area contributed by atoms with Gasteiger partial charge in [-0.2, -0.15) is 0 Å². The van der Waals surface area contributed by atoms with E-state index in [4.69, 9.17) is 0 Å². The molecule has 0 aromatic heterocycles. The molecular weight excluding hydrogens is 262 g/mol. The summed E-state index contributed by atoms with van der Waals surface area (Å²) in [6, 6.07) is 8.19. The Bertz CT molecular complexity index is 431. The molecule has 0 N–H and O–H groups in total. The van der Waals surface area contributed by atoms with E-state index in [2.05, 4.69) is 4.74 Å². The Labute approximate surface area is 118 Å². The van der Waals surface area contributed by atoms with Gasteiger partial charge in [0.2, 0.25) is 5.91 Å². The van der Waals surface area contributed by atoms with Crippen LogP contribution in [0.1, 0.15) is 12.0 Å². The largest absolute Gasteiger partial charge is 0.468 e. The molecule has 0 aliphatic carbocycles. The van der Waals surface area contributed by atoms with Gasteiger partial charge in [-0.3, -0.25) is 9.59 Å². The summed E-state index contributed by atoms with van der Waals surface area (Å²) in [6.07, 6.45) is 0.409. The molecule has 0 heterocycles. The topological polar surface area (TPSA) is 46.6 Å². The van der Waals surface area contributed by atoms with Gasteiger partial charge in [-0.15, -0.1) is 11.8 Å². The van der Waals surface area contributed by atoms with Gasteiger partial charge in [0.15, 0.2) is 0 Å². The lowest BCUT2D eigenvalue weighted by Gasteiger charge is -2.15. The van der Waals surface area contributed by atoms with Crippen LogP contribution in [-0.2, 0) is 14.3 Å². The van der Waals surface area contributed by atoms with Gasteiger partial charge in [-0.25, -0.2) is 0 Å². The standard InChI is InChI=1S/C14H19NO3S/c1-11-4-6-12(7-5-11)19-9-8-13(16)15(2)10-14(17)18-3/h4-7H,8-10H2,1-3H3. The van der Waals surface area contributed by atoms with Crippen molar-refractivity contribution in [1.82, 2.24) is 4.90 Å². The van der Waals surface area contributed by atoms with Gasteiger partial charge >= 0.3 is 5.97 Å². The SMILES string of the molecule is COC(=O)CN(C)C(=O)CCSc1ccc(C)cc1. The summed E-state index contributed by atoms with van der Waals surface area (Å²) in [5.74, 6) is 0.250. The number of hydrogen-bond donors (Lipinski definition) is 0. The number of carbonyl (C=O) groups is 2. The van der Waals surface area contributed by atoms with Gasteiger partial charge in [-0.05, 0) is 19.1 Å². The van der Waals surface area contributed by atoms with E-state index in [0.717, 1.165) is 4.90 Å². The molecule has 19 heavy (non-hydrogen) atoms. The van der Waals surface area contributed by atoms with E-state index in [1.54, 1.807) is 18.8 Å². The number of ether oxygens (including phenoxy) is 1. The smallest absolute Gasteiger partial charge is 0.325 e. The van der Waals surface area contributed by atoms with Crippen molar-refractivity contribution in [2.24, 2.45) is 0 Å². The number of benzene rings is 1. The zero-order chi connectivity index (χ0) is 14.3. The molecule has 1 aromatic rings. The van der Waals surface area contributed by atoms with Crippen molar-refractivity contribution < 1.29 is 14.3 Å². The summed E-state index contributed by atoms with van der Waals surface area (Å²) in [5, 5.41) is 0. The fraction of sp³-hybridized carbons (Fsp3) is 0.429. The Morgan fingerprint density at radius 3 is 2.47 bits per heavy atom. The molecule has 0 atom stereocenters. The first kappa shape index (κ1) is 15.6. The van der Waals surface area contributed by atoms with E-state index in [1.165, 1.54) is 17.6 Å². The Morgan fingerprint density at radius 2 is 1.89 bits per heavy atom. The number of thioether (sulfide) groups is 1. The summed E-state index contributed by atoms with van der Waals surface area (Å²) in [5.41, 5.74) is 1.22. The van der Waals surface area contributed by atoms with Gasteiger partial charge < -0.3 is 9.64 Å². The number of carbonyl (C=O) groups excluding carboxylic acids is 2. The van der Waals surface area contributed by atoms with Gasteiger partial charge in [-0.1, -0.05) is 17.7 Å². The number of esters is 1. The maximum absolute atomic E-state index is 11.7. The summed E-state index contributed by atoms with van der Waals surface area (Å²) in [4.78, 5) is 25.3. The molecule has 0 unspecified atom stereocenters. The summed E-state index contributed by atoms with van der Waals surface area (Å²) in [7, 11) is 2.92. The van der Waals surface area contributed by atoms with Gasteiger partial charge in [0.05, 0.1) is 7.11 Å². The van der Waals surface area contributed by atoms with E-state index in [1.807, 2.05) is 31.2 Å². The summed E-state index contributed by atoms with van der Waals surface area (Å²) >= 11 is 1.64. The molecule has 1 rings (SSSR count). The highest BCUT2D eigenvalue weighted by atomic mass is 32.2. The Hall–Kier alpha value is -1.49. The third-order valence-electron chi connectivity index (χ3n) is 2.63. The molecule has 0 spiro atoms. The van der Waals surface area contributed by atoms with Crippen molar-refractivity contribution in [3.63, 3.8) is 0 Å². The van der Waals surface area contributed by atoms with Crippen molar-refractivity contribution in [3.05, 3.63) is 29.8 Å². The molecule has 0 aliphatic heterocycles. The molecule has 1 amide bonds. The first-order valence-electron chi connectivity index (χ1n) is 6.03. The quantitative estimate of drug-likeness (QED) is 0.592. The predicted molar refractivity (Wildman–Crippen MR) is 76.2 cm³/mol. The molecule has 4 nitrogen and oxygen atoms in total. The van der Waals surface area contributed by atoms with Crippen molar-refractivity contribution >= 4 is 23.6 Å². The number of nitrogens with zero attached hydrogens (tertiary/aromatic N) is 1. The average Bonchev–Trinajstić information content (AvgIpc) is 2.40. The van der Waals surface area contributed by atoms with E-state index in [0.29, 0.717) is 12.2 Å². The lowest BCUT2D eigenvalue weighted by atomic mass is 10.2. The second-order valence-corrected chi connectivity index (χ2v) is 5.41. The van der Waals surface area contributed by atoms with Crippen LogP contribution in [0.3, 0.4) is 0 Å². The van der Waals surface area contributed by atoms with E-state index >= 15 is 0 Å². The monoisotopic (exact) mass is 281 g/mol. The number of methoxy groups -OCH3 is 1. The first-order chi connectivity index (χ1) is 9.02. The van der Waals surface area contributed by atoms with Crippen LogP contribution >= 0.6 is 11.8 Å². The van der Waals surface area contributed by atoms with Crippen molar-refractivity contribution in [1.29, 1.82) is 0 Å². The van der Waals surface area contributed by atoms with Crippen LogP contribution in [0, 0.1) is 6.92 Å². The molecule has 0 aliphatic rings. The van der Waals surface area contributed by atoms with Crippen LogP contribution in [0.2, 0.25) is 0 Å². The highest BCUT2D eigenvalue weighted by Crippen LogP contribution is 2.19. The second kappa shape index (κ2) is 7.84. The highest BCUT2D eigenvalue weighted by Gasteiger charge is 2.12. The molecule has 104 valence electrons. The van der Waals surface area contributed by atoms with Gasteiger partial charge in [0, 0.05) is 24.1 Å². The maximum atomic E-state index is 11.7. The summed E-state index contributed by atoms with van der Waals surface area (Å²) < 4.78 is 4.52. The lowest BCUT2D eigenvalue weighted by Crippen LogP contribution is -2.32. The van der Waals surface area contributed by atoms with Crippen molar-refractivity contribution in [3.8, 4) is 0 Å². The fourth-order valence-electron chi connectivity index (χ4n) is 1.43. The molecular formula is C14H19NO3S. The molecule has 1 aromatic carbocycles. The molecule has 0 saturated heterocycles. The minimum Gasteiger partial charge on any atom is -0.468 e. The van der Waals surface area contributed by atoms with Crippen LogP contribution in [0.5, 0.6) is 0 Å². The molecule has 0 bridgehead atoms. The molecule has 0 saturated carbocycles. The van der Waals surface area contributed by atoms with Gasteiger partial charge in [0.1, 0.15) is 6.54 Å². The molecule has 0 fully saturated rings. The van der Waals surface area contributed by atoms with E-state index < -0.39 is 5.97 Å². The van der Waals surface area contributed by atoms with Crippen LogP contribution in [-0.4, -0.2) is 43.2 Å². The minimum atomic E-state index is -0.401. The third kappa shape index (κ3) is 5.79. The number of rotatable bonds is 6. The van der Waals surface area contributed by atoms with Crippen LogP contribution < -0.4 is 0 Å². The minimum absolute atomic E-state index is 0.00450. The first-order valence-corrected chi connectivity index (χ1v) is 7.01. The molecule has 0 radical (unpaired) electrons. The number of hydrogen-bond acceptors (Lipinski definition) is 4. The lowest BCUT2D eigenvalue weighted by molar-refractivity contribution is -0.145. The van der Waals surface area contributed by atoms with E-state index in [9.17, 15) is 9.59 Å². The Balaban J connectivity index is 2.30. The van der Waals surface area contributed by atoms with Crippen LogP contribution in [0.15, 0.2) is 29.2 Å². The Morgan fingerprint density at radius 1 is 1.26 bits per heavy atom. The zero-order valence-electron chi connectivity index (χ0n) is 11.5. The number of amides is 1. The van der Waals surface area contributed by atoms with Gasteiger partial charge in [0.25, 0.3) is 0 Å². The van der Waals surface area contributed by atoms with Crippen LogP contribution in [0.25, 0.3) is 0 Å². The third-order valence-corrected chi connectivity index (χ3v) is 3.64. The summed E-state index contributed by atoms with van der Waals surface area (Å²) in [6.45, 7) is 2.05. The highest BCUT2D eigenvalue weighted by molar-refractivity contribution is 7.99. The normalized spacial score (nSPS) is 10.1. The molecule has 5 heteroatoms. The average molecular weight is 281 g/mol. The predicted octanol–water partition coefficient (Wildman–Crippen LogP) is 2.11.